The van der Waals surface area contributed by atoms with Crippen LogP contribution in [0.2, 0.25) is 0 Å². The summed E-state index contributed by atoms with van der Waals surface area (Å²) in [5.74, 6) is -3.25. The highest BCUT2D eigenvalue weighted by molar-refractivity contribution is 9.10. The Bertz CT molecular complexity index is 1310. The van der Waals surface area contributed by atoms with E-state index in [1.165, 1.54) is 24.5 Å². The summed E-state index contributed by atoms with van der Waals surface area (Å²) in [5.41, 5.74) is -0.738. The first-order valence-corrected chi connectivity index (χ1v) is 13.1. The monoisotopic (exact) mass is 616 g/mol. The highest BCUT2D eigenvalue weighted by Gasteiger charge is 2.68. The van der Waals surface area contributed by atoms with E-state index in [0.29, 0.717) is 8.91 Å². The first-order chi connectivity index (χ1) is 17.3. The summed E-state index contributed by atoms with van der Waals surface area (Å²) in [4.78, 5) is 37.0. The molecule has 1 N–H and O–H groups in total. The largest absolute Gasteiger partial charge is 0.480 e. The highest BCUT2D eigenvalue weighted by Crippen LogP contribution is 2.64. The Hall–Kier alpha value is -2.58. The van der Waals surface area contributed by atoms with Crippen molar-refractivity contribution < 1.29 is 32.1 Å². The number of nitrogens with zero attached hydrogens (tertiary/aromatic N) is 4. The summed E-state index contributed by atoms with van der Waals surface area (Å²) in [7, 11) is 0. The first-order valence-electron chi connectivity index (χ1n) is 10.8. The van der Waals surface area contributed by atoms with Crippen molar-refractivity contribution in [2.24, 2.45) is 10.9 Å². The number of fused-ring (bicyclic) bond motifs is 1. The van der Waals surface area contributed by atoms with E-state index in [9.17, 15) is 23.0 Å². The van der Waals surface area contributed by atoms with Crippen molar-refractivity contribution in [3.8, 4) is 0 Å². The normalized spacial score (nSPS) is 23.1. The maximum atomic E-state index is 15.0. The second-order valence-corrected chi connectivity index (χ2v) is 11.9. The lowest BCUT2D eigenvalue weighted by molar-refractivity contribution is -0.137. The molecule has 4 rings (SSSR count). The van der Waals surface area contributed by atoms with E-state index in [0.717, 1.165) is 23.9 Å². The average molecular weight is 617 g/mol. The summed E-state index contributed by atoms with van der Waals surface area (Å²) >= 11 is 3.35. The molecule has 37 heavy (non-hydrogen) atoms. The lowest BCUT2D eigenvalue weighted by Crippen LogP contribution is -2.39. The molecule has 14 heteroatoms. The molecule has 1 aromatic carbocycles. The standard InChI is InChI=1S/C23H20BrF3N4O4S2/c1-22(2,3)35-21(34)31(37-27)20-30-18(13-8-23(13,36-20)19(32)33)12-6-11(4-5-14(12)25)7-15(26)16-9-29-17(24)10-28-16/h4-7,9-10,13,18H,8H2,1-3H3,(H,32,33)/b15-7-. The van der Waals surface area contributed by atoms with Gasteiger partial charge in [0.05, 0.1) is 18.4 Å². The number of carbonyl (C=O) groups is 2. The van der Waals surface area contributed by atoms with Gasteiger partial charge in [0.25, 0.3) is 0 Å². The van der Waals surface area contributed by atoms with Crippen molar-refractivity contribution in [1.82, 2.24) is 14.3 Å². The Morgan fingerprint density at radius 1 is 1.32 bits per heavy atom. The van der Waals surface area contributed by atoms with Crippen molar-refractivity contribution in [1.29, 1.82) is 0 Å². The van der Waals surface area contributed by atoms with Gasteiger partial charge in [-0.25, -0.2) is 23.5 Å². The molecule has 0 spiro atoms. The predicted molar refractivity (Wildman–Crippen MR) is 138 cm³/mol. The van der Waals surface area contributed by atoms with E-state index in [1.54, 1.807) is 20.8 Å². The number of aliphatic imine (C=N–C) groups is 1. The number of halogens is 4. The molecule has 0 saturated heterocycles. The van der Waals surface area contributed by atoms with Gasteiger partial charge in [-0.2, -0.15) is 4.31 Å². The third kappa shape index (κ3) is 5.80. The SMILES string of the molecule is CC(C)(C)OC(=O)N(SF)C1=NC(c2cc(/C=C(\F)c3cnc(Br)cn3)ccc2F)C2CC2(C(=O)O)S1. The van der Waals surface area contributed by atoms with Gasteiger partial charge in [0, 0.05) is 11.5 Å². The summed E-state index contributed by atoms with van der Waals surface area (Å²) < 4.78 is 48.4. The quantitative estimate of drug-likeness (QED) is 0.374. The number of carbonyl (C=O) groups excluding carboxylic acids is 1. The molecule has 1 amide bonds. The second kappa shape index (κ2) is 10.3. The number of ether oxygens (including phenoxy) is 1. The van der Waals surface area contributed by atoms with Crippen LogP contribution >= 0.6 is 40.0 Å². The van der Waals surface area contributed by atoms with Gasteiger partial charge in [0.2, 0.25) is 0 Å². The van der Waals surface area contributed by atoms with Crippen LogP contribution in [0.15, 0.2) is 40.2 Å². The van der Waals surface area contributed by atoms with E-state index in [4.69, 9.17) is 4.74 Å². The van der Waals surface area contributed by atoms with Crippen LogP contribution in [-0.2, 0) is 9.53 Å². The predicted octanol–water partition coefficient (Wildman–Crippen LogP) is 6.60. The molecular weight excluding hydrogens is 597 g/mol. The molecule has 196 valence electrons. The van der Waals surface area contributed by atoms with E-state index in [2.05, 4.69) is 30.9 Å². The van der Waals surface area contributed by atoms with Gasteiger partial charge in [-0.15, -0.1) is 3.89 Å². The molecular formula is C23H20BrF3N4O4S2. The zero-order valence-corrected chi connectivity index (χ0v) is 22.8. The number of thioether (sulfide) groups is 1. The fourth-order valence-corrected chi connectivity index (χ4v) is 5.67. The van der Waals surface area contributed by atoms with Crippen molar-refractivity contribution in [3.05, 3.63) is 57.8 Å². The number of carboxylic acid groups (broad SMARTS) is 1. The molecule has 8 nitrogen and oxygen atoms in total. The molecule has 3 atom stereocenters. The molecule has 1 aliphatic carbocycles. The van der Waals surface area contributed by atoms with Crippen LogP contribution < -0.4 is 0 Å². The number of carboxylic acids is 1. The van der Waals surface area contributed by atoms with Crippen LogP contribution in [0.4, 0.5) is 17.5 Å². The van der Waals surface area contributed by atoms with Crippen molar-refractivity contribution in [2.75, 3.05) is 0 Å². The molecule has 1 aromatic heterocycles. The molecule has 2 aliphatic rings. The third-order valence-corrected chi connectivity index (χ3v) is 7.99. The number of amidine groups is 1. The van der Waals surface area contributed by atoms with Crippen LogP contribution in [0.25, 0.3) is 11.9 Å². The van der Waals surface area contributed by atoms with Gasteiger partial charge in [0.1, 0.15) is 26.5 Å². The van der Waals surface area contributed by atoms with Crippen LogP contribution in [0.3, 0.4) is 0 Å². The molecule has 1 saturated carbocycles. The number of amides is 1. The van der Waals surface area contributed by atoms with Gasteiger partial charge in [-0.05, 0) is 66.9 Å². The maximum Gasteiger partial charge on any atom is 0.428 e. The molecule has 3 unspecified atom stereocenters. The molecule has 0 radical (unpaired) electrons. The number of hydrogen-bond acceptors (Lipinski definition) is 8. The van der Waals surface area contributed by atoms with Crippen molar-refractivity contribution in [3.63, 3.8) is 0 Å². The van der Waals surface area contributed by atoms with E-state index >= 15 is 4.39 Å². The summed E-state index contributed by atoms with van der Waals surface area (Å²) in [5, 5.41) is 9.65. The summed E-state index contributed by atoms with van der Waals surface area (Å²) in [6.45, 7) is 4.77. The van der Waals surface area contributed by atoms with Crippen molar-refractivity contribution >= 4 is 69.2 Å². The third-order valence-electron chi connectivity index (χ3n) is 5.53. The Kier molecular flexibility index (Phi) is 7.64. The summed E-state index contributed by atoms with van der Waals surface area (Å²) in [6.07, 6.45) is 2.71. The van der Waals surface area contributed by atoms with Crippen LogP contribution in [0, 0.1) is 11.7 Å². The van der Waals surface area contributed by atoms with Gasteiger partial charge in [-0.1, -0.05) is 17.8 Å². The Morgan fingerprint density at radius 3 is 2.65 bits per heavy atom. The van der Waals surface area contributed by atoms with E-state index < -0.39 is 58.3 Å². The van der Waals surface area contributed by atoms with Gasteiger partial charge < -0.3 is 9.84 Å². The lowest BCUT2D eigenvalue weighted by Gasteiger charge is -2.29. The second-order valence-electron chi connectivity index (χ2n) is 9.31. The zero-order valence-electron chi connectivity index (χ0n) is 19.6. The highest BCUT2D eigenvalue weighted by atomic mass is 79.9. The van der Waals surface area contributed by atoms with Gasteiger partial charge >= 0.3 is 12.1 Å². The minimum atomic E-state index is -1.42. The van der Waals surface area contributed by atoms with Crippen LogP contribution in [0.5, 0.6) is 0 Å². The number of aliphatic carboxylic acids is 1. The van der Waals surface area contributed by atoms with E-state index in [-0.39, 0.29) is 28.4 Å². The van der Waals surface area contributed by atoms with Crippen LogP contribution in [0.1, 0.15) is 50.1 Å². The Labute approximate surface area is 227 Å². The number of rotatable bonds is 5. The lowest BCUT2D eigenvalue weighted by atomic mass is 9.98. The number of benzene rings is 1. The Morgan fingerprint density at radius 2 is 2.05 bits per heavy atom. The fraction of sp³-hybridized carbons (Fsp3) is 0.348. The Balaban J connectivity index is 1.72. The number of aromatic nitrogens is 2. The minimum absolute atomic E-state index is 0.0117. The summed E-state index contributed by atoms with van der Waals surface area (Å²) in [6, 6.07) is 2.73. The topological polar surface area (TPSA) is 105 Å². The molecule has 1 aliphatic heterocycles. The zero-order chi connectivity index (χ0) is 27.1. The number of hydrogen-bond donors (Lipinski definition) is 1. The van der Waals surface area contributed by atoms with Crippen LogP contribution in [-0.4, -0.2) is 47.0 Å². The van der Waals surface area contributed by atoms with Gasteiger partial charge in [-0.3, -0.25) is 9.79 Å². The smallest absolute Gasteiger partial charge is 0.428 e. The molecule has 2 aromatic rings. The fourth-order valence-electron chi connectivity index (χ4n) is 3.79. The maximum absolute atomic E-state index is 15.0. The minimum Gasteiger partial charge on any atom is -0.480 e. The first kappa shape index (κ1) is 27.5. The van der Waals surface area contributed by atoms with E-state index in [1.807, 2.05) is 0 Å². The molecule has 1 fully saturated rings. The van der Waals surface area contributed by atoms with Crippen molar-refractivity contribution in [2.45, 2.75) is 43.6 Å². The molecule has 2 heterocycles. The van der Waals surface area contributed by atoms with Gasteiger partial charge in [0.15, 0.2) is 23.3 Å². The molecule has 0 bridgehead atoms. The average Bonchev–Trinajstić information content (AvgIpc) is 3.56.